The van der Waals surface area contributed by atoms with Crippen LogP contribution in [0.4, 0.5) is 0 Å². The largest absolute Gasteiger partial charge is 0.493 e. The molecule has 0 aliphatic rings. The van der Waals surface area contributed by atoms with Crippen molar-refractivity contribution < 1.29 is 9.53 Å². The summed E-state index contributed by atoms with van der Waals surface area (Å²) in [6, 6.07) is 3.55. The first-order valence-corrected chi connectivity index (χ1v) is 5.60. The third-order valence-electron chi connectivity index (χ3n) is 2.49. The van der Waals surface area contributed by atoms with Gasteiger partial charge >= 0.3 is 0 Å². The van der Waals surface area contributed by atoms with Crippen LogP contribution < -0.4 is 10.5 Å². The lowest BCUT2D eigenvalue weighted by molar-refractivity contribution is 0.1000. The van der Waals surface area contributed by atoms with Crippen molar-refractivity contribution in [3.63, 3.8) is 0 Å². The molecule has 1 amide bonds. The van der Waals surface area contributed by atoms with E-state index in [1.165, 1.54) is 0 Å². The van der Waals surface area contributed by atoms with Crippen LogP contribution in [0.15, 0.2) is 12.1 Å². The summed E-state index contributed by atoms with van der Waals surface area (Å²) in [4.78, 5) is 11.1. The average molecular weight is 221 g/mol. The summed E-state index contributed by atoms with van der Waals surface area (Å²) in [5, 5.41) is 0. The van der Waals surface area contributed by atoms with Crippen LogP contribution in [-0.2, 0) is 0 Å². The maximum Gasteiger partial charge on any atom is 0.248 e. The fourth-order valence-corrected chi connectivity index (χ4v) is 1.64. The molecule has 1 aromatic carbocycles. The van der Waals surface area contributed by atoms with Crippen molar-refractivity contribution in [1.82, 2.24) is 0 Å². The Morgan fingerprint density at radius 3 is 2.31 bits per heavy atom. The summed E-state index contributed by atoms with van der Waals surface area (Å²) < 4.78 is 5.69. The lowest BCUT2D eigenvalue weighted by Crippen LogP contribution is -2.12. The first-order valence-electron chi connectivity index (χ1n) is 5.60. The van der Waals surface area contributed by atoms with E-state index >= 15 is 0 Å². The molecule has 0 aromatic heterocycles. The number of ether oxygens (including phenoxy) is 1. The van der Waals surface area contributed by atoms with Gasteiger partial charge in [0.25, 0.3) is 0 Å². The van der Waals surface area contributed by atoms with Crippen molar-refractivity contribution in [2.75, 3.05) is 6.61 Å². The fourth-order valence-electron chi connectivity index (χ4n) is 1.64. The number of hydrogen-bond acceptors (Lipinski definition) is 2. The highest BCUT2D eigenvalue weighted by Gasteiger charge is 2.09. The van der Waals surface area contributed by atoms with Crippen LogP contribution in [0.25, 0.3) is 0 Å². The molecule has 0 fully saturated rings. The Labute approximate surface area is 96.6 Å². The van der Waals surface area contributed by atoms with E-state index in [2.05, 4.69) is 6.92 Å². The molecule has 0 aliphatic heterocycles. The molecular weight excluding hydrogens is 202 g/mol. The summed E-state index contributed by atoms with van der Waals surface area (Å²) in [6.45, 7) is 6.70. The van der Waals surface area contributed by atoms with Gasteiger partial charge in [-0.15, -0.1) is 0 Å². The molecule has 3 nitrogen and oxygen atoms in total. The number of carbonyl (C=O) groups is 1. The Morgan fingerprint density at radius 2 is 1.88 bits per heavy atom. The number of carbonyl (C=O) groups excluding carboxylic acids is 1. The quantitative estimate of drug-likeness (QED) is 0.777. The molecule has 0 heterocycles. The van der Waals surface area contributed by atoms with Crippen molar-refractivity contribution in [2.45, 2.75) is 33.6 Å². The van der Waals surface area contributed by atoms with E-state index in [9.17, 15) is 4.79 Å². The SMILES string of the molecule is CCCCOc1c(C)cc(C(N)=O)cc1C. The molecule has 1 aromatic rings. The second kappa shape index (κ2) is 5.54. The van der Waals surface area contributed by atoms with Crippen molar-refractivity contribution in [2.24, 2.45) is 5.73 Å². The predicted octanol–water partition coefficient (Wildman–Crippen LogP) is 2.58. The van der Waals surface area contributed by atoms with Gasteiger partial charge in [-0.1, -0.05) is 13.3 Å². The summed E-state index contributed by atoms with van der Waals surface area (Å²) in [5.41, 5.74) is 7.71. The minimum Gasteiger partial charge on any atom is -0.493 e. The van der Waals surface area contributed by atoms with Crippen LogP contribution in [0.2, 0.25) is 0 Å². The molecule has 0 saturated carbocycles. The normalized spacial score (nSPS) is 10.2. The molecule has 3 heteroatoms. The average Bonchev–Trinajstić information content (AvgIpc) is 2.21. The number of primary amides is 1. The Morgan fingerprint density at radius 1 is 1.31 bits per heavy atom. The number of nitrogens with two attached hydrogens (primary N) is 1. The van der Waals surface area contributed by atoms with Gasteiger partial charge in [-0.3, -0.25) is 4.79 Å². The van der Waals surface area contributed by atoms with Crippen molar-refractivity contribution in [3.8, 4) is 5.75 Å². The molecule has 88 valence electrons. The van der Waals surface area contributed by atoms with Crippen LogP contribution in [-0.4, -0.2) is 12.5 Å². The zero-order chi connectivity index (χ0) is 12.1. The monoisotopic (exact) mass is 221 g/mol. The Balaban J connectivity index is 2.89. The Bertz CT molecular complexity index is 363. The first-order chi connectivity index (χ1) is 7.56. The number of amides is 1. The summed E-state index contributed by atoms with van der Waals surface area (Å²) >= 11 is 0. The molecule has 1 rings (SSSR count). The summed E-state index contributed by atoms with van der Waals surface area (Å²) in [7, 11) is 0. The number of hydrogen-bond donors (Lipinski definition) is 1. The topological polar surface area (TPSA) is 52.3 Å². The minimum absolute atomic E-state index is 0.397. The highest BCUT2D eigenvalue weighted by atomic mass is 16.5. The van der Waals surface area contributed by atoms with E-state index in [1.807, 2.05) is 13.8 Å². The number of rotatable bonds is 5. The fraction of sp³-hybridized carbons (Fsp3) is 0.462. The standard InChI is InChI=1S/C13H19NO2/c1-4-5-6-16-12-9(2)7-11(13(14)15)8-10(12)3/h7-8H,4-6H2,1-3H3,(H2,14,15). The molecule has 16 heavy (non-hydrogen) atoms. The van der Waals surface area contributed by atoms with E-state index in [-0.39, 0.29) is 0 Å². The zero-order valence-corrected chi connectivity index (χ0v) is 10.2. The van der Waals surface area contributed by atoms with Crippen LogP contribution >= 0.6 is 0 Å². The van der Waals surface area contributed by atoms with E-state index in [1.54, 1.807) is 12.1 Å². The molecular formula is C13H19NO2. The predicted molar refractivity (Wildman–Crippen MR) is 64.8 cm³/mol. The molecule has 0 spiro atoms. The maximum atomic E-state index is 11.1. The van der Waals surface area contributed by atoms with Crippen molar-refractivity contribution >= 4 is 5.91 Å². The van der Waals surface area contributed by atoms with Crippen LogP contribution in [0.1, 0.15) is 41.3 Å². The van der Waals surface area contributed by atoms with Gasteiger partial charge in [0, 0.05) is 5.56 Å². The molecule has 0 aliphatic carbocycles. The number of benzene rings is 1. The van der Waals surface area contributed by atoms with Gasteiger partial charge in [-0.05, 0) is 43.5 Å². The van der Waals surface area contributed by atoms with Crippen molar-refractivity contribution in [1.29, 1.82) is 0 Å². The highest BCUT2D eigenvalue weighted by molar-refractivity contribution is 5.93. The van der Waals surface area contributed by atoms with E-state index in [0.29, 0.717) is 12.2 Å². The van der Waals surface area contributed by atoms with Gasteiger partial charge in [0.15, 0.2) is 0 Å². The van der Waals surface area contributed by atoms with Gasteiger partial charge in [0.2, 0.25) is 5.91 Å². The molecule has 0 unspecified atom stereocenters. The second-order valence-corrected chi connectivity index (χ2v) is 4.01. The van der Waals surface area contributed by atoms with Crippen LogP contribution in [0, 0.1) is 13.8 Å². The minimum atomic E-state index is -0.397. The lowest BCUT2D eigenvalue weighted by atomic mass is 10.1. The summed E-state index contributed by atoms with van der Waals surface area (Å²) in [6.07, 6.45) is 2.15. The Hall–Kier alpha value is -1.51. The van der Waals surface area contributed by atoms with Crippen molar-refractivity contribution in [3.05, 3.63) is 28.8 Å². The Kier molecular flexibility index (Phi) is 4.35. The molecule has 2 N–H and O–H groups in total. The van der Waals surface area contributed by atoms with Crippen LogP contribution in [0.3, 0.4) is 0 Å². The third kappa shape index (κ3) is 2.99. The van der Waals surface area contributed by atoms with Gasteiger partial charge in [0.05, 0.1) is 6.61 Å². The highest BCUT2D eigenvalue weighted by Crippen LogP contribution is 2.24. The molecule has 0 atom stereocenters. The second-order valence-electron chi connectivity index (χ2n) is 4.01. The lowest BCUT2D eigenvalue weighted by Gasteiger charge is -2.12. The van der Waals surface area contributed by atoms with Gasteiger partial charge < -0.3 is 10.5 Å². The maximum absolute atomic E-state index is 11.1. The number of unbranched alkanes of at least 4 members (excludes halogenated alkanes) is 1. The van der Waals surface area contributed by atoms with E-state index in [0.717, 1.165) is 29.7 Å². The number of aryl methyl sites for hydroxylation is 2. The van der Waals surface area contributed by atoms with Gasteiger partial charge in [-0.2, -0.15) is 0 Å². The summed E-state index contributed by atoms with van der Waals surface area (Å²) in [5.74, 6) is 0.477. The molecule has 0 bridgehead atoms. The van der Waals surface area contributed by atoms with Crippen LogP contribution in [0.5, 0.6) is 5.75 Å². The van der Waals surface area contributed by atoms with E-state index in [4.69, 9.17) is 10.5 Å². The molecule has 0 saturated heterocycles. The first kappa shape index (κ1) is 12.6. The van der Waals surface area contributed by atoms with Gasteiger partial charge in [0.1, 0.15) is 5.75 Å². The smallest absolute Gasteiger partial charge is 0.248 e. The third-order valence-corrected chi connectivity index (χ3v) is 2.49. The molecule has 0 radical (unpaired) electrons. The van der Waals surface area contributed by atoms with Gasteiger partial charge in [-0.25, -0.2) is 0 Å². The van der Waals surface area contributed by atoms with E-state index < -0.39 is 5.91 Å². The zero-order valence-electron chi connectivity index (χ0n) is 10.2.